The molecule has 1 aromatic rings. The zero-order valence-corrected chi connectivity index (χ0v) is 15.7. The van der Waals surface area contributed by atoms with E-state index in [0.717, 1.165) is 31.7 Å². The van der Waals surface area contributed by atoms with E-state index in [4.69, 9.17) is 9.47 Å². The fraction of sp³-hybridized carbons (Fsp3) is 0.722. The summed E-state index contributed by atoms with van der Waals surface area (Å²) in [6.45, 7) is 6.87. The van der Waals surface area contributed by atoms with Gasteiger partial charge in [0, 0.05) is 24.6 Å². The second kappa shape index (κ2) is 6.83. The van der Waals surface area contributed by atoms with Gasteiger partial charge in [-0.3, -0.25) is 0 Å². The van der Waals surface area contributed by atoms with Crippen molar-refractivity contribution in [1.82, 2.24) is 15.1 Å². The standard InChI is InChI=1S/C18H24F3N3O3/c1-16(2,3)27-15(25)24-10-17(11-24)8-6-12(7-9-17)26-14-5-4-13(22-23-14)18(19,20)21/h4-5,12H,6-11H2,1-3H3. The molecule has 0 aromatic carbocycles. The predicted octanol–water partition coefficient (Wildman–Crippen LogP) is 4.05. The van der Waals surface area contributed by atoms with Crippen LogP contribution in [0.25, 0.3) is 0 Å². The van der Waals surface area contributed by atoms with E-state index in [1.807, 2.05) is 20.8 Å². The molecular weight excluding hydrogens is 363 g/mol. The fourth-order valence-corrected chi connectivity index (χ4v) is 3.56. The van der Waals surface area contributed by atoms with Crippen molar-refractivity contribution < 1.29 is 27.4 Å². The Hall–Kier alpha value is -2.06. The van der Waals surface area contributed by atoms with E-state index in [1.54, 1.807) is 4.90 Å². The second-order valence-electron chi connectivity index (χ2n) is 8.41. The highest BCUT2D eigenvalue weighted by Gasteiger charge is 2.48. The third kappa shape index (κ3) is 4.81. The molecule has 2 aliphatic rings. The first-order chi connectivity index (χ1) is 12.5. The first-order valence-electron chi connectivity index (χ1n) is 9.01. The fourth-order valence-electron chi connectivity index (χ4n) is 3.56. The summed E-state index contributed by atoms with van der Waals surface area (Å²) >= 11 is 0. The Balaban J connectivity index is 1.46. The quantitative estimate of drug-likeness (QED) is 0.766. The molecule has 1 saturated heterocycles. The molecular formula is C18H24F3N3O3. The van der Waals surface area contributed by atoms with Gasteiger partial charge in [-0.05, 0) is 52.5 Å². The van der Waals surface area contributed by atoms with Gasteiger partial charge in [0.2, 0.25) is 5.88 Å². The molecule has 1 aliphatic carbocycles. The zero-order chi connectivity index (χ0) is 19.9. The lowest BCUT2D eigenvalue weighted by Gasteiger charge is -2.52. The van der Waals surface area contributed by atoms with Crippen LogP contribution >= 0.6 is 0 Å². The number of ether oxygens (including phenoxy) is 2. The molecule has 1 amide bonds. The lowest BCUT2D eigenvalue weighted by Crippen LogP contribution is -2.60. The highest BCUT2D eigenvalue weighted by molar-refractivity contribution is 5.69. The number of alkyl halides is 3. The minimum atomic E-state index is -4.51. The average Bonchev–Trinajstić information content (AvgIpc) is 2.51. The lowest BCUT2D eigenvalue weighted by molar-refractivity contribution is -0.141. The van der Waals surface area contributed by atoms with E-state index in [-0.39, 0.29) is 23.5 Å². The maximum Gasteiger partial charge on any atom is 0.435 e. The van der Waals surface area contributed by atoms with Crippen molar-refractivity contribution >= 4 is 6.09 Å². The van der Waals surface area contributed by atoms with Crippen molar-refractivity contribution in [2.24, 2.45) is 5.41 Å². The number of rotatable bonds is 2. The molecule has 3 rings (SSSR count). The number of amides is 1. The zero-order valence-electron chi connectivity index (χ0n) is 15.7. The molecule has 9 heteroatoms. The largest absolute Gasteiger partial charge is 0.473 e. The summed E-state index contributed by atoms with van der Waals surface area (Å²) in [4.78, 5) is 13.8. The van der Waals surface area contributed by atoms with Gasteiger partial charge in [0.1, 0.15) is 11.7 Å². The third-order valence-corrected chi connectivity index (χ3v) is 4.92. The Kier molecular flexibility index (Phi) is 4.98. The molecule has 0 radical (unpaired) electrons. The molecule has 0 atom stereocenters. The average molecular weight is 387 g/mol. The number of hydrogen-bond donors (Lipinski definition) is 0. The number of carbonyl (C=O) groups excluding carboxylic acids is 1. The van der Waals surface area contributed by atoms with Crippen LogP contribution in [0.5, 0.6) is 5.88 Å². The normalized spacial score (nSPS) is 20.3. The molecule has 2 fully saturated rings. The lowest BCUT2D eigenvalue weighted by atomic mass is 9.68. The van der Waals surface area contributed by atoms with Crippen LogP contribution in [0.3, 0.4) is 0 Å². The Bertz CT molecular complexity index is 670. The van der Waals surface area contributed by atoms with Gasteiger partial charge in [-0.15, -0.1) is 10.2 Å². The van der Waals surface area contributed by atoms with E-state index >= 15 is 0 Å². The predicted molar refractivity (Wildman–Crippen MR) is 90.2 cm³/mol. The number of hydrogen-bond acceptors (Lipinski definition) is 5. The number of aromatic nitrogens is 2. The molecule has 1 saturated carbocycles. The number of likely N-dealkylation sites (tertiary alicyclic amines) is 1. The third-order valence-electron chi connectivity index (χ3n) is 4.92. The highest BCUT2D eigenvalue weighted by atomic mass is 19.4. The van der Waals surface area contributed by atoms with Crippen molar-refractivity contribution in [1.29, 1.82) is 0 Å². The maximum atomic E-state index is 12.5. The molecule has 1 spiro atoms. The smallest absolute Gasteiger partial charge is 0.435 e. The van der Waals surface area contributed by atoms with E-state index in [0.29, 0.717) is 13.1 Å². The summed E-state index contributed by atoms with van der Waals surface area (Å²) in [6.07, 6.45) is -1.57. The highest BCUT2D eigenvalue weighted by Crippen LogP contribution is 2.45. The van der Waals surface area contributed by atoms with Crippen LogP contribution in [0.2, 0.25) is 0 Å². The molecule has 2 heterocycles. The molecule has 0 unspecified atom stereocenters. The van der Waals surface area contributed by atoms with Crippen molar-refractivity contribution in [3.63, 3.8) is 0 Å². The molecule has 1 aliphatic heterocycles. The molecule has 0 N–H and O–H groups in total. The molecule has 0 bridgehead atoms. The molecule has 150 valence electrons. The van der Waals surface area contributed by atoms with Crippen LogP contribution in [0.4, 0.5) is 18.0 Å². The topological polar surface area (TPSA) is 64.5 Å². The van der Waals surface area contributed by atoms with E-state index < -0.39 is 17.5 Å². The Morgan fingerprint density at radius 3 is 2.26 bits per heavy atom. The number of halogens is 3. The minimum absolute atomic E-state index is 0.0998. The van der Waals surface area contributed by atoms with Crippen LogP contribution in [-0.2, 0) is 10.9 Å². The van der Waals surface area contributed by atoms with Gasteiger partial charge in [0.25, 0.3) is 0 Å². The minimum Gasteiger partial charge on any atom is -0.473 e. The SMILES string of the molecule is CC(C)(C)OC(=O)N1CC2(CCC(Oc3ccc(C(F)(F)F)nn3)CC2)C1. The van der Waals surface area contributed by atoms with Crippen molar-refractivity contribution in [2.45, 2.75) is 64.3 Å². The van der Waals surface area contributed by atoms with Crippen molar-refractivity contribution in [2.75, 3.05) is 13.1 Å². The van der Waals surface area contributed by atoms with Crippen LogP contribution in [0.1, 0.15) is 52.1 Å². The van der Waals surface area contributed by atoms with Gasteiger partial charge in [0.05, 0.1) is 0 Å². The van der Waals surface area contributed by atoms with Crippen LogP contribution in [0, 0.1) is 5.41 Å². The van der Waals surface area contributed by atoms with Gasteiger partial charge >= 0.3 is 12.3 Å². The summed E-state index contributed by atoms with van der Waals surface area (Å²) in [6, 6.07) is 2.07. The first-order valence-corrected chi connectivity index (χ1v) is 9.01. The number of nitrogens with zero attached hydrogens (tertiary/aromatic N) is 3. The maximum absolute atomic E-state index is 12.5. The van der Waals surface area contributed by atoms with E-state index in [2.05, 4.69) is 10.2 Å². The molecule has 1 aromatic heterocycles. The molecule has 27 heavy (non-hydrogen) atoms. The summed E-state index contributed by atoms with van der Waals surface area (Å²) in [7, 11) is 0. The van der Waals surface area contributed by atoms with Gasteiger partial charge in [0.15, 0.2) is 5.69 Å². The van der Waals surface area contributed by atoms with Crippen LogP contribution in [0.15, 0.2) is 12.1 Å². The van der Waals surface area contributed by atoms with Gasteiger partial charge < -0.3 is 14.4 Å². The van der Waals surface area contributed by atoms with Gasteiger partial charge in [-0.1, -0.05) is 0 Å². The monoisotopic (exact) mass is 387 g/mol. The van der Waals surface area contributed by atoms with Crippen LogP contribution in [-0.4, -0.2) is 46.0 Å². The van der Waals surface area contributed by atoms with E-state index in [1.165, 1.54) is 6.07 Å². The summed E-state index contributed by atoms with van der Waals surface area (Å²) < 4.78 is 48.6. The molecule has 6 nitrogen and oxygen atoms in total. The van der Waals surface area contributed by atoms with Gasteiger partial charge in [-0.2, -0.15) is 13.2 Å². The van der Waals surface area contributed by atoms with E-state index in [9.17, 15) is 18.0 Å². The van der Waals surface area contributed by atoms with Crippen molar-refractivity contribution in [3.8, 4) is 5.88 Å². The summed E-state index contributed by atoms with van der Waals surface area (Å²) in [5.41, 5.74) is -1.44. The Morgan fingerprint density at radius 1 is 1.15 bits per heavy atom. The van der Waals surface area contributed by atoms with Crippen molar-refractivity contribution in [3.05, 3.63) is 17.8 Å². The second-order valence-corrected chi connectivity index (χ2v) is 8.41. The summed E-state index contributed by atoms with van der Waals surface area (Å²) in [5.74, 6) is 0.105. The van der Waals surface area contributed by atoms with Crippen LogP contribution < -0.4 is 4.74 Å². The Labute approximate surface area is 156 Å². The summed E-state index contributed by atoms with van der Waals surface area (Å²) in [5, 5.41) is 6.69. The Morgan fingerprint density at radius 2 is 1.78 bits per heavy atom. The first kappa shape index (κ1) is 19.7. The van der Waals surface area contributed by atoms with Gasteiger partial charge in [-0.25, -0.2) is 4.79 Å². The number of carbonyl (C=O) groups is 1.